The molecule has 82 heavy (non-hydrogen) atoms. The van der Waals surface area contributed by atoms with Crippen LogP contribution in [0.25, 0.3) is 0 Å². The number of carbonyl (C=O) groups excluding carboxylic acids is 3. The standard InChI is InChI=1S/C76H124O6/c1-4-7-10-13-16-19-22-25-28-31-33-34-35-36-37-38-39-40-41-42-44-45-48-51-54-57-60-63-66-69-75(78)81-72-73(71-80-74(77)68-65-62-59-56-53-50-47-30-27-24-21-18-15-12-9-6-3)82-76(79)70-67-64-61-58-55-52-49-46-43-32-29-26-23-20-17-14-11-8-5-2/h7,10,16-17,19-20,25-26,28-30,33-34,36-37,39-40,42-44,46-48,51,73H,4-6,8-9,11-15,18,21-24,27,31-32,35,38,41,45,49-50,52-72H2,1-3H3/b10-7-,19-16-,20-17-,28-25-,29-26-,34-33-,37-36-,40-39-,44-42-,46-43-,47-30-,51-48-. The Hall–Kier alpha value is -4.71. The number of hydrogen-bond donors (Lipinski definition) is 0. The van der Waals surface area contributed by atoms with Crippen molar-refractivity contribution < 1.29 is 28.6 Å². The number of ether oxygens (including phenoxy) is 3. The quantitative estimate of drug-likeness (QED) is 0.0261. The maximum absolute atomic E-state index is 12.9. The highest BCUT2D eigenvalue weighted by Crippen LogP contribution is 2.15. The third-order valence-electron chi connectivity index (χ3n) is 14.0. The molecule has 1 atom stereocenters. The van der Waals surface area contributed by atoms with Gasteiger partial charge in [-0.15, -0.1) is 0 Å². The lowest BCUT2D eigenvalue weighted by Gasteiger charge is -2.18. The molecule has 0 saturated heterocycles. The molecule has 0 N–H and O–H groups in total. The molecule has 0 aromatic carbocycles. The molecule has 0 aromatic heterocycles. The molecule has 0 bridgehead atoms. The average Bonchev–Trinajstić information content (AvgIpc) is 3.47. The minimum Gasteiger partial charge on any atom is -0.462 e. The van der Waals surface area contributed by atoms with Crippen molar-refractivity contribution in [1.29, 1.82) is 0 Å². The largest absolute Gasteiger partial charge is 0.462 e. The van der Waals surface area contributed by atoms with Gasteiger partial charge in [-0.25, -0.2) is 0 Å². The Morgan fingerprint density at radius 2 is 0.476 bits per heavy atom. The molecule has 0 spiro atoms. The van der Waals surface area contributed by atoms with Crippen LogP contribution < -0.4 is 0 Å². The SMILES string of the molecule is CC/C=C\C/C=C\C/C=C\C/C=C\C/C=C\C/C=C\C/C=C\C/C=C\CCCCCCC(=O)OCC(COC(=O)CCCCCCC/C=C\CCCCCCCCC)OC(=O)CCCCCCCC/C=C\C/C=C\C/C=C\CCCCC. The molecule has 464 valence electrons. The molecule has 6 nitrogen and oxygen atoms in total. The number of allylic oxidation sites excluding steroid dienone is 24. The molecule has 0 rings (SSSR count). The molecule has 0 fully saturated rings. The maximum atomic E-state index is 12.9. The Kier molecular flexibility index (Phi) is 64.8. The van der Waals surface area contributed by atoms with Gasteiger partial charge in [0.1, 0.15) is 13.2 Å². The highest BCUT2D eigenvalue weighted by Gasteiger charge is 2.19. The molecular formula is C76H124O6. The first-order valence-electron chi connectivity index (χ1n) is 33.8. The van der Waals surface area contributed by atoms with Gasteiger partial charge in [0.2, 0.25) is 0 Å². The van der Waals surface area contributed by atoms with Crippen LogP contribution in [0.2, 0.25) is 0 Å². The van der Waals surface area contributed by atoms with Gasteiger partial charge in [-0.3, -0.25) is 14.4 Å². The first-order valence-corrected chi connectivity index (χ1v) is 33.8. The van der Waals surface area contributed by atoms with E-state index >= 15 is 0 Å². The summed E-state index contributed by atoms with van der Waals surface area (Å²) in [6.45, 7) is 6.47. The van der Waals surface area contributed by atoms with Crippen LogP contribution in [-0.4, -0.2) is 37.2 Å². The molecule has 0 saturated carbocycles. The predicted octanol–water partition coefficient (Wildman–Crippen LogP) is 23.5. The van der Waals surface area contributed by atoms with Gasteiger partial charge in [-0.2, -0.15) is 0 Å². The Morgan fingerprint density at radius 1 is 0.256 bits per heavy atom. The number of carbonyl (C=O) groups is 3. The number of unbranched alkanes of at least 4 members (excludes halogenated alkanes) is 25. The summed E-state index contributed by atoms with van der Waals surface area (Å²) in [6.07, 6.45) is 98.5. The third-order valence-corrected chi connectivity index (χ3v) is 14.0. The summed E-state index contributed by atoms with van der Waals surface area (Å²) >= 11 is 0. The molecular weight excluding hydrogens is 1010 g/mol. The zero-order valence-electron chi connectivity index (χ0n) is 53.2. The molecule has 0 radical (unpaired) electrons. The Balaban J connectivity index is 4.46. The minimum atomic E-state index is -0.807. The first kappa shape index (κ1) is 77.3. The molecule has 0 amide bonds. The van der Waals surface area contributed by atoms with E-state index in [4.69, 9.17) is 14.2 Å². The van der Waals surface area contributed by atoms with E-state index in [0.717, 1.165) is 161 Å². The van der Waals surface area contributed by atoms with Gasteiger partial charge in [0, 0.05) is 19.3 Å². The minimum absolute atomic E-state index is 0.100. The summed E-state index contributed by atoms with van der Waals surface area (Å²) in [5.41, 5.74) is 0. The maximum Gasteiger partial charge on any atom is 0.306 e. The second-order valence-corrected chi connectivity index (χ2v) is 22.0. The summed E-state index contributed by atoms with van der Waals surface area (Å²) in [6, 6.07) is 0. The lowest BCUT2D eigenvalue weighted by molar-refractivity contribution is -0.167. The lowest BCUT2D eigenvalue weighted by atomic mass is 10.1. The van der Waals surface area contributed by atoms with Crippen molar-refractivity contribution in [2.45, 2.75) is 303 Å². The van der Waals surface area contributed by atoms with Gasteiger partial charge in [0.05, 0.1) is 0 Å². The fourth-order valence-corrected chi connectivity index (χ4v) is 8.99. The van der Waals surface area contributed by atoms with Gasteiger partial charge in [-0.1, -0.05) is 276 Å². The van der Waals surface area contributed by atoms with Crippen molar-refractivity contribution in [3.63, 3.8) is 0 Å². The van der Waals surface area contributed by atoms with Crippen molar-refractivity contribution >= 4 is 17.9 Å². The number of esters is 3. The normalized spacial score (nSPS) is 13.1. The summed E-state index contributed by atoms with van der Waals surface area (Å²) in [5.74, 6) is -0.943. The van der Waals surface area contributed by atoms with Gasteiger partial charge >= 0.3 is 17.9 Å². The van der Waals surface area contributed by atoms with Crippen LogP contribution in [0.1, 0.15) is 297 Å². The zero-order valence-corrected chi connectivity index (χ0v) is 53.2. The summed E-state index contributed by atoms with van der Waals surface area (Å²) in [7, 11) is 0. The number of rotatable bonds is 60. The van der Waals surface area contributed by atoms with E-state index in [0.29, 0.717) is 19.3 Å². The van der Waals surface area contributed by atoms with E-state index in [2.05, 4.69) is 167 Å². The van der Waals surface area contributed by atoms with Crippen LogP contribution in [0.4, 0.5) is 0 Å². The fraction of sp³-hybridized carbons (Fsp3) is 0.645. The molecule has 0 aromatic rings. The van der Waals surface area contributed by atoms with Crippen molar-refractivity contribution in [3.05, 3.63) is 146 Å². The Bertz CT molecular complexity index is 1780. The van der Waals surface area contributed by atoms with Crippen LogP contribution in [0.5, 0.6) is 0 Å². The molecule has 1 unspecified atom stereocenters. The topological polar surface area (TPSA) is 78.9 Å². The van der Waals surface area contributed by atoms with Gasteiger partial charge < -0.3 is 14.2 Å². The Labute approximate surface area is 506 Å². The van der Waals surface area contributed by atoms with Crippen molar-refractivity contribution in [1.82, 2.24) is 0 Å². The molecule has 0 heterocycles. The van der Waals surface area contributed by atoms with E-state index < -0.39 is 6.10 Å². The first-order chi connectivity index (χ1) is 40.5. The van der Waals surface area contributed by atoms with Crippen LogP contribution >= 0.6 is 0 Å². The fourth-order valence-electron chi connectivity index (χ4n) is 8.99. The second kappa shape index (κ2) is 68.8. The molecule has 0 aliphatic rings. The van der Waals surface area contributed by atoms with E-state index in [9.17, 15) is 14.4 Å². The van der Waals surface area contributed by atoms with E-state index in [-0.39, 0.29) is 31.1 Å². The molecule has 6 heteroatoms. The summed E-state index contributed by atoms with van der Waals surface area (Å²) in [5, 5.41) is 0. The van der Waals surface area contributed by atoms with Crippen molar-refractivity contribution in [2.75, 3.05) is 13.2 Å². The highest BCUT2D eigenvalue weighted by molar-refractivity contribution is 5.71. The third kappa shape index (κ3) is 66.1. The summed E-state index contributed by atoms with van der Waals surface area (Å²) < 4.78 is 16.9. The van der Waals surface area contributed by atoms with Crippen LogP contribution in [0.15, 0.2) is 146 Å². The Morgan fingerprint density at radius 3 is 0.780 bits per heavy atom. The second-order valence-electron chi connectivity index (χ2n) is 22.0. The summed E-state index contributed by atoms with van der Waals surface area (Å²) in [4.78, 5) is 38.4. The molecule has 0 aliphatic heterocycles. The van der Waals surface area contributed by atoms with Gasteiger partial charge in [-0.05, 0) is 148 Å². The molecule has 0 aliphatic carbocycles. The lowest BCUT2D eigenvalue weighted by Crippen LogP contribution is -2.30. The van der Waals surface area contributed by atoms with Crippen LogP contribution in [0, 0.1) is 0 Å². The van der Waals surface area contributed by atoms with Gasteiger partial charge in [0.15, 0.2) is 6.10 Å². The highest BCUT2D eigenvalue weighted by atomic mass is 16.6. The van der Waals surface area contributed by atoms with Gasteiger partial charge in [0.25, 0.3) is 0 Å². The van der Waals surface area contributed by atoms with E-state index in [1.54, 1.807) is 0 Å². The average molecular weight is 1130 g/mol. The van der Waals surface area contributed by atoms with Crippen molar-refractivity contribution in [2.24, 2.45) is 0 Å². The predicted molar refractivity (Wildman–Crippen MR) is 357 cm³/mol. The smallest absolute Gasteiger partial charge is 0.306 e. The number of hydrogen-bond acceptors (Lipinski definition) is 6. The van der Waals surface area contributed by atoms with Crippen molar-refractivity contribution in [3.8, 4) is 0 Å². The van der Waals surface area contributed by atoms with E-state index in [1.165, 1.54) is 96.3 Å². The van der Waals surface area contributed by atoms with Crippen LogP contribution in [0.3, 0.4) is 0 Å². The van der Waals surface area contributed by atoms with E-state index in [1.807, 2.05) is 0 Å². The monoisotopic (exact) mass is 1130 g/mol. The zero-order chi connectivity index (χ0) is 59.2. The van der Waals surface area contributed by atoms with Crippen LogP contribution in [-0.2, 0) is 28.6 Å².